The SMILES string of the molecule is CCOc1ccc(Oc2cc(NC(=O)C(=S)Nc3cccc(C)c3)cc([N+](=O)[O-])c2)cc1. The van der Waals surface area contributed by atoms with Gasteiger partial charge in [0.05, 0.1) is 23.3 Å². The summed E-state index contributed by atoms with van der Waals surface area (Å²) in [5.74, 6) is 0.731. The Balaban J connectivity index is 1.75. The van der Waals surface area contributed by atoms with Gasteiger partial charge in [-0.15, -0.1) is 0 Å². The molecule has 0 aliphatic rings. The molecule has 0 aliphatic carbocycles. The third-order valence-electron chi connectivity index (χ3n) is 4.21. The lowest BCUT2D eigenvalue weighted by Gasteiger charge is -2.11. The lowest BCUT2D eigenvalue weighted by molar-refractivity contribution is -0.384. The van der Waals surface area contributed by atoms with Gasteiger partial charge in [0.1, 0.15) is 17.2 Å². The number of thiocarbonyl (C=S) groups is 1. The van der Waals surface area contributed by atoms with Crippen LogP contribution in [0.1, 0.15) is 12.5 Å². The molecule has 0 heterocycles. The lowest BCUT2D eigenvalue weighted by atomic mass is 10.2. The molecule has 164 valence electrons. The fourth-order valence-corrected chi connectivity index (χ4v) is 2.99. The van der Waals surface area contributed by atoms with E-state index in [0.29, 0.717) is 23.8 Å². The summed E-state index contributed by atoms with van der Waals surface area (Å²) in [6, 6.07) is 18.2. The predicted octanol–water partition coefficient (Wildman–Crippen LogP) is 5.47. The molecular weight excluding hydrogens is 430 g/mol. The van der Waals surface area contributed by atoms with Crippen molar-refractivity contribution in [1.29, 1.82) is 0 Å². The van der Waals surface area contributed by atoms with Gasteiger partial charge in [0.2, 0.25) is 0 Å². The van der Waals surface area contributed by atoms with Crippen LogP contribution < -0.4 is 20.1 Å². The van der Waals surface area contributed by atoms with Crippen LogP contribution in [0.2, 0.25) is 0 Å². The van der Waals surface area contributed by atoms with Crippen LogP contribution in [0.25, 0.3) is 0 Å². The molecule has 0 aliphatic heterocycles. The summed E-state index contributed by atoms with van der Waals surface area (Å²) in [6.45, 7) is 4.34. The van der Waals surface area contributed by atoms with Crippen LogP contribution in [0.3, 0.4) is 0 Å². The Morgan fingerprint density at radius 2 is 1.69 bits per heavy atom. The number of hydrogen-bond acceptors (Lipinski definition) is 6. The lowest BCUT2D eigenvalue weighted by Crippen LogP contribution is -2.27. The molecule has 0 bridgehead atoms. The number of benzene rings is 3. The fraction of sp³-hybridized carbons (Fsp3) is 0.130. The summed E-state index contributed by atoms with van der Waals surface area (Å²) >= 11 is 5.16. The summed E-state index contributed by atoms with van der Waals surface area (Å²) in [5, 5.41) is 16.8. The molecule has 0 aromatic heterocycles. The number of nitro benzene ring substituents is 1. The first-order valence-corrected chi connectivity index (χ1v) is 10.1. The molecule has 32 heavy (non-hydrogen) atoms. The van der Waals surface area contributed by atoms with E-state index in [1.54, 1.807) is 30.3 Å². The second-order valence-electron chi connectivity index (χ2n) is 6.76. The largest absolute Gasteiger partial charge is 0.494 e. The second-order valence-corrected chi connectivity index (χ2v) is 7.17. The molecule has 0 saturated heterocycles. The summed E-state index contributed by atoms with van der Waals surface area (Å²) in [4.78, 5) is 23.2. The molecule has 2 N–H and O–H groups in total. The zero-order chi connectivity index (χ0) is 23.1. The normalized spacial score (nSPS) is 10.2. The molecule has 8 nitrogen and oxygen atoms in total. The number of rotatable bonds is 7. The zero-order valence-corrected chi connectivity index (χ0v) is 18.3. The van der Waals surface area contributed by atoms with E-state index in [4.69, 9.17) is 21.7 Å². The molecular formula is C23H21N3O5S. The first kappa shape index (κ1) is 22.7. The van der Waals surface area contributed by atoms with Crippen LogP contribution in [-0.4, -0.2) is 22.4 Å². The first-order valence-electron chi connectivity index (χ1n) is 9.73. The number of carbonyl (C=O) groups is 1. The molecule has 0 saturated carbocycles. The molecule has 9 heteroatoms. The van der Waals surface area contributed by atoms with E-state index < -0.39 is 10.8 Å². The van der Waals surface area contributed by atoms with E-state index in [1.165, 1.54) is 18.2 Å². The monoisotopic (exact) mass is 451 g/mol. The molecule has 0 spiro atoms. The zero-order valence-electron chi connectivity index (χ0n) is 17.5. The van der Waals surface area contributed by atoms with E-state index in [9.17, 15) is 14.9 Å². The van der Waals surface area contributed by atoms with Gasteiger partial charge in [-0.25, -0.2) is 0 Å². The van der Waals surface area contributed by atoms with Crippen LogP contribution in [0.5, 0.6) is 17.2 Å². The maximum atomic E-state index is 12.5. The number of anilines is 2. The molecule has 0 atom stereocenters. The highest BCUT2D eigenvalue weighted by atomic mass is 32.1. The molecule has 1 amide bonds. The van der Waals surface area contributed by atoms with Gasteiger partial charge in [-0.3, -0.25) is 14.9 Å². The Labute approximate surface area is 190 Å². The number of nitro groups is 1. The molecule has 0 fully saturated rings. The molecule has 3 aromatic rings. The Kier molecular flexibility index (Phi) is 7.35. The molecule has 3 aromatic carbocycles. The Morgan fingerprint density at radius 3 is 2.34 bits per heavy atom. The Morgan fingerprint density at radius 1 is 0.969 bits per heavy atom. The minimum atomic E-state index is -0.603. The van der Waals surface area contributed by atoms with Gasteiger partial charge in [-0.05, 0) is 55.8 Å². The van der Waals surface area contributed by atoms with Crippen LogP contribution in [0, 0.1) is 17.0 Å². The van der Waals surface area contributed by atoms with Crippen molar-refractivity contribution in [3.05, 3.63) is 82.4 Å². The Bertz CT molecular complexity index is 1150. The third kappa shape index (κ3) is 6.26. The number of carbonyl (C=O) groups excluding carboxylic acids is 1. The van der Waals surface area contributed by atoms with Crippen molar-refractivity contribution in [3.8, 4) is 17.2 Å². The third-order valence-corrected chi connectivity index (χ3v) is 4.50. The first-order chi connectivity index (χ1) is 15.3. The molecule has 3 rings (SSSR count). The number of nitrogens with one attached hydrogen (secondary N) is 2. The van der Waals surface area contributed by atoms with E-state index in [-0.39, 0.29) is 22.1 Å². The highest BCUT2D eigenvalue weighted by molar-refractivity contribution is 7.82. The van der Waals surface area contributed by atoms with Gasteiger partial charge in [0.25, 0.3) is 11.6 Å². The van der Waals surface area contributed by atoms with Gasteiger partial charge < -0.3 is 20.1 Å². The van der Waals surface area contributed by atoms with Crippen molar-refractivity contribution in [1.82, 2.24) is 0 Å². The van der Waals surface area contributed by atoms with Gasteiger partial charge in [0, 0.05) is 17.8 Å². The maximum Gasteiger partial charge on any atom is 0.283 e. The number of aryl methyl sites for hydroxylation is 1. The highest BCUT2D eigenvalue weighted by Gasteiger charge is 2.15. The van der Waals surface area contributed by atoms with Crippen LogP contribution >= 0.6 is 12.2 Å². The van der Waals surface area contributed by atoms with Crippen molar-refractivity contribution >= 4 is 40.2 Å². The van der Waals surface area contributed by atoms with E-state index in [1.807, 2.05) is 32.0 Å². The number of hydrogen-bond donors (Lipinski definition) is 2. The van der Waals surface area contributed by atoms with Crippen molar-refractivity contribution in [3.63, 3.8) is 0 Å². The molecule has 0 radical (unpaired) electrons. The standard InChI is InChI=1S/C23H21N3O5S/c1-3-30-19-7-9-20(10-8-19)31-21-13-17(12-18(14-21)26(28)29)24-22(27)23(32)25-16-6-4-5-15(2)11-16/h4-14H,3H2,1-2H3,(H,24,27)(H,25,32). The van der Waals surface area contributed by atoms with Gasteiger partial charge in [-0.2, -0.15) is 0 Å². The summed E-state index contributed by atoms with van der Waals surface area (Å²) in [7, 11) is 0. The number of ether oxygens (including phenoxy) is 2. The van der Waals surface area contributed by atoms with Crippen molar-refractivity contribution < 1.29 is 19.2 Å². The minimum absolute atomic E-state index is 0.0731. The molecule has 0 unspecified atom stereocenters. The summed E-state index contributed by atoms with van der Waals surface area (Å²) in [6.07, 6.45) is 0. The van der Waals surface area contributed by atoms with Gasteiger partial charge >= 0.3 is 0 Å². The van der Waals surface area contributed by atoms with E-state index in [0.717, 1.165) is 5.56 Å². The topological polar surface area (TPSA) is 103 Å². The maximum absolute atomic E-state index is 12.5. The summed E-state index contributed by atoms with van der Waals surface area (Å²) < 4.78 is 11.1. The smallest absolute Gasteiger partial charge is 0.283 e. The Hall–Kier alpha value is -3.98. The quantitative estimate of drug-likeness (QED) is 0.279. The number of non-ortho nitro benzene ring substituents is 1. The average Bonchev–Trinajstić information content (AvgIpc) is 2.75. The van der Waals surface area contributed by atoms with E-state index >= 15 is 0 Å². The number of amides is 1. The average molecular weight is 452 g/mol. The fourth-order valence-electron chi connectivity index (χ4n) is 2.83. The van der Waals surface area contributed by atoms with Gasteiger partial charge in [-0.1, -0.05) is 24.4 Å². The van der Waals surface area contributed by atoms with Crippen LogP contribution in [-0.2, 0) is 4.79 Å². The number of nitrogens with zero attached hydrogens (tertiary/aromatic N) is 1. The van der Waals surface area contributed by atoms with E-state index in [2.05, 4.69) is 10.6 Å². The van der Waals surface area contributed by atoms with Gasteiger partial charge in [0.15, 0.2) is 4.99 Å². The highest BCUT2D eigenvalue weighted by Crippen LogP contribution is 2.30. The van der Waals surface area contributed by atoms with Crippen molar-refractivity contribution in [2.75, 3.05) is 17.2 Å². The van der Waals surface area contributed by atoms with Crippen molar-refractivity contribution in [2.45, 2.75) is 13.8 Å². The summed E-state index contributed by atoms with van der Waals surface area (Å²) in [5.41, 5.74) is 1.62. The van der Waals surface area contributed by atoms with Crippen molar-refractivity contribution in [2.24, 2.45) is 0 Å². The van der Waals surface area contributed by atoms with Crippen LogP contribution in [0.4, 0.5) is 17.1 Å². The van der Waals surface area contributed by atoms with Crippen LogP contribution in [0.15, 0.2) is 66.7 Å². The predicted molar refractivity (Wildman–Crippen MR) is 127 cm³/mol. The minimum Gasteiger partial charge on any atom is -0.494 e. The second kappa shape index (κ2) is 10.4.